The van der Waals surface area contributed by atoms with Gasteiger partial charge in [0.05, 0.1) is 0 Å². The number of amides is 3. The maximum Gasteiger partial charge on any atom is 0.319 e. The summed E-state index contributed by atoms with van der Waals surface area (Å²) in [4.78, 5) is 23.9. The van der Waals surface area contributed by atoms with Crippen LogP contribution in [0.15, 0.2) is 24.3 Å². The summed E-state index contributed by atoms with van der Waals surface area (Å²) in [5.41, 5.74) is 1.36. The first-order chi connectivity index (χ1) is 12.4. The Balaban J connectivity index is 1.89. The van der Waals surface area contributed by atoms with Crippen molar-refractivity contribution in [3.63, 3.8) is 0 Å². The molecule has 3 amide bonds. The van der Waals surface area contributed by atoms with Crippen LogP contribution in [0.4, 0.5) is 16.2 Å². The number of carbonyl (C=O) groups is 2. The number of nitrogens with one attached hydrogen (secondary N) is 3. The second-order valence-corrected chi connectivity index (χ2v) is 7.59. The molecule has 1 aliphatic rings. The van der Waals surface area contributed by atoms with Gasteiger partial charge in [-0.3, -0.25) is 4.79 Å². The highest BCUT2D eigenvalue weighted by molar-refractivity contribution is 5.93. The zero-order valence-corrected chi connectivity index (χ0v) is 16.2. The summed E-state index contributed by atoms with van der Waals surface area (Å²) in [6, 6.07) is 7.08. The molecule has 1 aromatic rings. The molecule has 2 rings (SSSR count). The number of carbonyl (C=O) groups excluding carboxylic acids is 2. The van der Waals surface area contributed by atoms with Gasteiger partial charge in [-0.05, 0) is 54.9 Å². The number of hydrogen-bond acceptors (Lipinski definition) is 3. The lowest BCUT2D eigenvalue weighted by Crippen LogP contribution is -2.47. The molecule has 0 bridgehead atoms. The van der Waals surface area contributed by atoms with Gasteiger partial charge in [-0.1, -0.05) is 27.2 Å². The highest BCUT2D eigenvalue weighted by Crippen LogP contribution is 2.33. The lowest BCUT2D eigenvalue weighted by Gasteiger charge is -2.37. The number of urea groups is 1. The van der Waals surface area contributed by atoms with Crippen molar-refractivity contribution in [2.75, 3.05) is 24.4 Å². The Kier molecular flexibility index (Phi) is 7.45. The van der Waals surface area contributed by atoms with Crippen molar-refractivity contribution in [1.29, 1.82) is 0 Å². The Bertz CT molecular complexity index is 601. The quantitative estimate of drug-likeness (QED) is 0.720. The van der Waals surface area contributed by atoms with E-state index >= 15 is 0 Å². The molecular formula is C20H31N3O3. The van der Waals surface area contributed by atoms with Gasteiger partial charge >= 0.3 is 6.03 Å². The van der Waals surface area contributed by atoms with Crippen LogP contribution in [0.1, 0.15) is 40.0 Å². The van der Waals surface area contributed by atoms with Gasteiger partial charge in [0.25, 0.3) is 0 Å². The smallest absolute Gasteiger partial charge is 0.319 e. The lowest BCUT2D eigenvalue weighted by molar-refractivity contribution is -0.119. The van der Waals surface area contributed by atoms with E-state index in [9.17, 15) is 9.59 Å². The van der Waals surface area contributed by atoms with Crippen LogP contribution in [0.3, 0.4) is 0 Å². The summed E-state index contributed by atoms with van der Waals surface area (Å²) >= 11 is 0. The van der Waals surface area contributed by atoms with E-state index in [1.54, 1.807) is 24.3 Å². The summed E-state index contributed by atoms with van der Waals surface area (Å²) in [6.07, 6.45) is 3.43. The maximum absolute atomic E-state index is 12.4. The number of ether oxygens (including phenoxy) is 1. The first-order valence-electron chi connectivity index (χ1n) is 9.35. The van der Waals surface area contributed by atoms with Crippen LogP contribution in [0.2, 0.25) is 0 Å². The van der Waals surface area contributed by atoms with E-state index < -0.39 is 0 Å². The van der Waals surface area contributed by atoms with Crippen molar-refractivity contribution in [3.05, 3.63) is 24.3 Å². The average molecular weight is 361 g/mol. The molecule has 0 aliphatic heterocycles. The SMILES string of the molecule is COCC(=O)Nc1ccc(NC(=O)N[C@@H]2C[C@@H](C)CC[C@H]2C(C)C)cc1. The van der Waals surface area contributed by atoms with Crippen molar-refractivity contribution in [2.24, 2.45) is 17.8 Å². The van der Waals surface area contributed by atoms with Crippen molar-refractivity contribution < 1.29 is 14.3 Å². The lowest BCUT2D eigenvalue weighted by atomic mass is 9.74. The standard InChI is InChI=1S/C20H31N3O3/c1-13(2)17-10-5-14(3)11-18(17)23-20(25)22-16-8-6-15(7-9-16)21-19(24)12-26-4/h6-9,13-14,17-18H,5,10-12H2,1-4H3,(H,21,24)(H2,22,23,25)/t14-,17-,18+/m0/s1. The zero-order valence-electron chi connectivity index (χ0n) is 16.2. The fourth-order valence-electron chi connectivity index (χ4n) is 3.67. The van der Waals surface area contributed by atoms with E-state index in [4.69, 9.17) is 4.74 Å². The molecule has 6 heteroatoms. The highest BCUT2D eigenvalue weighted by atomic mass is 16.5. The van der Waals surface area contributed by atoms with E-state index in [1.165, 1.54) is 20.0 Å². The van der Waals surface area contributed by atoms with Crippen LogP contribution < -0.4 is 16.0 Å². The van der Waals surface area contributed by atoms with Gasteiger partial charge in [-0.25, -0.2) is 4.79 Å². The molecule has 0 radical (unpaired) electrons. The van der Waals surface area contributed by atoms with Gasteiger partial charge in [0.1, 0.15) is 6.61 Å². The Labute approximate surface area is 156 Å². The summed E-state index contributed by atoms with van der Waals surface area (Å²) in [5, 5.41) is 8.76. The molecule has 3 N–H and O–H groups in total. The zero-order chi connectivity index (χ0) is 19.1. The van der Waals surface area contributed by atoms with E-state index in [0.717, 1.165) is 6.42 Å². The highest BCUT2D eigenvalue weighted by Gasteiger charge is 2.31. The summed E-state index contributed by atoms with van der Waals surface area (Å²) < 4.78 is 4.78. The summed E-state index contributed by atoms with van der Waals surface area (Å²) in [7, 11) is 1.47. The van der Waals surface area contributed by atoms with Gasteiger partial charge in [0.2, 0.25) is 5.91 Å². The first-order valence-corrected chi connectivity index (χ1v) is 9.35. The minimum Gasteiger partial charge on any atom is -0.375 e. The third kappa shape index (κ3) is 6.02. The van der Waals surface area contributed by atoms with Gasteiger partial charge in [-0.15, -0.1) is 0 Å². The third-order valence-electron chi connectivity index (χ3n) is 5.04. The van der Waals surface area contributed by atoms with Crippen molar-refractivity contribution in [1.82, 2.24) is 5.32 Å². The molecule has 26 heavy (non-hydrogen) atoms. The van der Waals surface area contributed by atoms with E-state index in [1.807, 2.05) is 0 Å². The molecule has 1 aliphatic carbocycles. The minimum atomic E-state index is -0.211. The van der Waals surface area contributed by atoms with Gasteiger partial charge in [-0.2, -0.15) is 0 Å². The molecule has 0 unspecified atom stereocenters. The monoisotopic (exact) mass is 361 g/mol. The molecule has 3 atom stereocenters. The number of anilines is 2. The molecule has 0 spiro atoms. The van der Waals surface area contributed by atoms with Gasteiger partial charge < -0.3 is 20.7 Å². The van der Waals surface area contributed by atoms with Gasteiger partial charge in [0.15, 0.2) is 0 Å². The molecule has 0 aromatic heterocycles. The largest absolute Gasteiger partial charge is 0.375 e. The molecular weight excluding hydrogens is 330 g/mol. The van der Waals surface area contributed by atoms with Crippen molar-refractivity contribution >= 4 is 23.3 Å². The topological polar surface area (TPSA) is 79.5 Å². The summed E-state index contributed by atoms with van der Waals surface area (Å²) in [5.74, 6) is 1.51. The fraction of sp³-hybridized carbons (Fsp3) is 0.600. The molecule has 0 saturated heterocycles. The summed E-state index contributed by atoms with van der Waals surface area (Å²) in [6.45, 7) is 6.71. The van der Waals surface area contributed by atoms with Crippen LogP contribution in [-0.4, -0.2) is 31.7 Å². The second-order valence-electron chi connectivity index (χ2n) is 7.59. The molecule has 144 valence electrons. The predicted octanol–water partition coefficient (Wildman–Crippen LogP) is 3.85. The van der Waals surface area contributed by atoms with E-state index in [2.05, 4.69) is 36.7 Å². The van der Waals surface area contributed by atoms with Crippen LogP contribution in [-0.2, 0) is 9.53 Å². The van der Waals surface area contributed by atoms with Crippen molar-refractivity contribution in [2.45, 2.75) is 46.1 Å². The Hall–Kier alpha value is -2.08. The number of benzene rings is 1. The molecule has 6 nitrogen and oxygen atoms in total. The fourth-order valence-corrected chi connectivity index (χ4v) is 3.67. The van der Waals surface area contributed by atoms with E-state index in [0.29, 0.717) is 29.1 Å². The van der Waals surface area contributed by atoms with Crippen molar-refractivity contribution in [3.8, 4) is 0 Å². The van der Waals surface area contributed by atoms with Crippen LogP contribution in [0.25, 0.3) is 0 Å². The number of methoxy groups -OCH3 is 1. The van der Waals surface area contributed by atoms with Crippen LogP contribution in [0.5, 0.6) is 0 Å². The molecule has 1 fully saturated rings. The average Bonchev–Trinajstić information content (AvgIpc) is 2.56. The second kappa shape index (κ2) is 9.57. The predicted molar refractivity (Wildman–Crippen MR) is 104 cm³/mol. The van der Waals surface area contributed by atoms with Crippen LogP contribution >= 0.6 is 0 Å². The normalized spacial score (nSPS) is 22.7. The Morgan fingerprint density at radius 1 is 1.12 bits per heavy atom. The van der Waals surface area contributed by atoms with E-state index in [-0.39, 0.29) is 24.6 Å². The molecule has 0 heterocycles. The van der Waals surface area contributed by atoms with Gasteiger partial charge in [0, 0.05) is 24.5 Å². The number of rotatable bonds is 6. The first kappa shape index (κ1) is 20.2. The Morgan fingerprint density at radius 2 is 1.73 bits per heavy atom. The molecule has 1 aromatic carbocycles. The third-order valence-corrected chi connectivity index (χ3v) is 5.04. The molecule has 1 saturated carbocycles. The Morgan fingerprint density at radius 3 is 2.31 bits per heavy atom. The van der Waals surface area contributed by atoms with Crippen LogP contribution in [0, 0.1) is 17.8 Å². The number of hydrogen-bond donors (Lipinski definition) is 3. The maximum atomic E-state index is 12.4. The minimum absolute atomic E-state index is 0.0131.